The van der Waals surface area contributed by atoms with Crippen molar-refractivity contribution in [3.05, 3.63) is 42.1 Å². The van der Waals surface area contributed by atoms with E-state index in [0.29, 0.717) is 0 Å². The van der Waals surface area contributed by atoms with Gasteiger partial charge in [-0.05, 0) is 31.0 Å². The Balaban J connectivity index is 2.49. The van der Waals surface area contributed by atoms with Crippen molar-refractivity contribution < 1.29 is 0 Å². The fourth-order valence-corrected chi connectivity index (χ4v) is 1.15. The Morgan fingerprint density at radius 3 is 2.69 bits per heavy atom. The van der Waals surface area contributed by atoms with E-state index in [0.717, 1.165) is 5.82 Å². The minimum Gasteiger partial charge on any atom is -0.291 e. The molecule has 0 aliphatic rings. The van der Waals surface area contributed by atoms with Crippen LogP contribution >= 0.6 is 0 Å². The lowest BCUT2D eigenvalue weighted by molar-refractivity contribution is 0.981. The first-order valence-corrected chi connectivity index (χ1v) is 4.19. The van der Waals surface area contributed by atoms with Crippen molar-refractivity contribution >= 4 is 0 Å². The van der Waals surface area contributed by atoms with Crippen LogP contribution < -0.4 is 0 Å². The van der Waals surface area contributed by atoms with Crippen LogP contribution in [0.25, 0.3) is 5.82 Å². The zero-order chi connectivity index (χ0) is 9.26. The van der Waals surface area contributed by atoms with E-state index in [1.54, 1.807) is 12.5 Å². The van der Waals surface area contributed by atoms with Gasteiger partial charge < -0.3 is 0 Å². The fourth-order valence-electron chi connectivity index (χ4n) is 1.15. The zero-order valence-corrected chi connectivity index (χ0v) is 7.73. The molecular weight excluding hydrogens is 162 g/mol. The summed E-state index contributed by atoms with van der Waals surface area (Å²) in [5.41, 5.74) is 2.46. The largest absolute Gasteiger partial charge is 0.291 e. The van der Waals surface area contributed by atoms with Crippen molar-refractivity contribution in [2.45, 2.75) is 13.8 Å². The molecule has 0 spiro atoms. The topological polar surface area (TPSA) is 30.7 Å². The van der Waals surface area contributed by atoms with Crippen molar-refractivity contribution in [1.82, 2.24) is 14.5 Å². The lowest BCUT2D eigenvalue weighted by atomic mass is 10.2. The number of imidazole rings is 1. The normalized spacial score (nSPS) is 10.3. The Morgan fingerprint density at radius 1 is 1.23 bits per heavy atom. The van der Waals surface area contributed by atoms with E-state index < -0.39 is 0 Å². The van der Waals surface area contributed by atoms with Gasteiger partial charge in [0.2, 0.25) is 0 Å². The van der Waals surface area contributed by atoms with Crippen molar-refractivity contribution in [2.24, 2.45) is 0 Å². The number of aromatic nitrogens is 3. The van der Waals surface area contributed by atoms with Crippen molar-refractivity contribution in [3.8, 4) is 5.82 Å². The lowest BCUT2D eigenvalue weighted by Gasteiger charge is -2.03. The smallest absolute Gasteiger partial charge is 0.138 e. The van der Waals surface area contributed by atoms with Crippen molar-refractivity contribution in [2.75, 3.05) is 0 Å². The van der Waals surface area contributed by atoms with Crippen LogP contribution in [-0.2, 0) is 0 Å². The Morgan fingerprint density at radius 2 is 2.08 bits per heavy atom. The second-order valence-corrected chi connectivity index (χ2v) is 3.10. The summed E-state index contributed by atoms with van der Waals surface area (Å²) in [5.74, 6) is 0.917. The van der Waals surface area contributed by atoms with Crippen LogP contribution in [-0.4, -0.2) is 14.5 Å². The molecule has 2 aromatic heterocycles. The molecule has 0 aliphatic heterocycles. The molecule has 2 rings (SSSR count). The van der Waals surface area contributed by atoms with E-state index in [4.69, 9.17) is 0 Å². The van der Waals surface area contributed by atoms with Gasteiger partial charge in [-0.1, -0.05) is 0 Å². The summed E-state index contributed by atoms with van der Waals surface area (Å²) in [6, 6.07) is 2.05. The highest BCUT2D eigenvalue weighted by molar-refractivity contribution is 5.31. The molecule has 0 saturated carbocycles. The predicted molar refractivity (Wildman–Crippen MR) is 50.8 cm³/mol. The zero-order valence-electron chi connectivity index (χ0n) is 7.73. The Labute approximate surface area is 77.1 Å². The molecular formula is C10H11N3. The highest BCUT2D eigenvalue weighted by Gasteiger charge is 1.98. The van der Waals surface area contributed by atoms with Gasteiger partial charge in [0.15, 0.2) is 0 Å². The van der Waals surface area contributed by atoms with Crippen LogP contribution in [0, 0.1) is 13.8 Å². The number of nitrogens with zero attached hydrogens (tertiary/aromatic N) is 3. The van der Waals surface area contributed by atoms with Gasteiger partial charge in [-0.15, -0.1) is 0 Å². The van der Waals surface area contributed by atoms with Crippen LogP contribution in [0.2, 0.25) is 0 Å². The van der Waals surface area contributed by atoms with Gasteiger partial charge in [0.1, 0.15) is 12.1 Å². The van der Waals surface area contributed by atoms with Gasteiger partial charge in [0.25, 0.3) is 0 Å². The number of rotatable bonds is 1. The summed E-state index contributed by atoms with van der Waals surface area (Å²) in [6.07, 6.45) is 7.26. The fraction of sp³-hybridized carbons (Fsp3) is 0.200. The summed E-state index contributed by atoms with van der Waals surface area (Å²) in [7, 11) is 0. The second kappa shape index (κ2) is 3.01. The van der Waals surface area contributed by atoms with Crippen LogP contribution in [0.3, 0.4) is 0 Å². The molecule has 13 heavy (non-hydrogen) atoms. The molecule has 0 bridgehead atoms. The minimum absolute atomic E-state index is 0.917. The van der Waals surface area contributed by atoms with E-state index in [-0.39, 0.29) is 0 Å². The van der Waals surface area contributed by atoms with E-state index in [9.17, 15) is 0 Å². The first-order valence-electron chi connectivity index (χ1n) is 4.19. The monoisotopic (exact) mass is 173 g/mol. The summed E-state index contributed by atoms with van der Waals surface area (Å²) in [6.45, 7) is 4.14. The predicted octanol–water partition coefficient (Wildman–Crippen LogP) is 1.88. The standard InChI is InChI=1S/C10H11N3/c1-8-5-10(12-6-9(8)2)13-4-3-11-7-13/h3-7H,1-2H3. The highest BCUT2D eigenvalue weighted by Crippen LogP contribution is 2.09. The Bertz CT molecular complexity index is 404. The molecule has 0 radical (unpaired) electrons. The molecule has 0 unspecified atom stereocenters. The molecule has 0 aliphatic carbocycles. The summed E-state index contributed by atoms with van der Waals surface area (Å²) < 4.78 is 1.90. The van der Waals surface area contributed by atoms with Gasteiger partial charge in [0, 0.05) is 18.6 Å². The maximum Gasteiger partial charge on any atom is 0.138 e. The first kappa shape index (κ1) is 7.98. The average molecular weight is 173 g/mol. The number of pyridine rings is 1. The summed E-state index contributed by atoms with van der Waals surface area (Å²) >= 11 is 0. The molecule has 0 amide bonds. The number of aryl methyl sites for hydroxylation is 2. The van der Waals surface area contributed by atoms with E-state index >= 15 is 0 Å². The van der Waals surface area contributed by atoms with E-state index in [2.05, 4.69) is 29.9 Å². The van der Waals surface area contributed by atoms with E-state index in [1.165, 1.54) is 11.1 Å². The minimum atomic E-state index is 0.917. The van der Waals surface area contributed by atoms with Crippen LogP contribution in [0.1, 0.15) is 11.1 Å². The SMILES string of the molecule is Cc1cnc(-n2ccnc2)cc1C. The molecule has 0 aromatic carbocycles. The molecule has 66 valence electrons. The second-order valence-electron chi connectivity index (χ2n) is 3.10. The molecule has 2 heterocycles. The average Bonchev–Trinajstić information content (AvgIpc) is 2.62. The van der Waals surface area contributed by atoms with Crippen LogP contribution in [0.15, 0.2) is 31.0 Å². The molecule has 3 heteroatoms. The maximum absolute atomic E-state index is 4.30. The molecule has 0 N–H and O–H groups in total. The molecule has 3 nitrogen and oxygen atoms in total. The number of hydrogen-bond acceptors (Lipinski definition) is 2. The third-order valence-corrected chi connectivity index (χ3v) is 2.13. The molecule has 0 saturated heterocycles. The molecule has 0 atom stereocenters. The van der Waals surface area contributed by atoms with Crippen LogP contribution in [0.5, 0.6) is 0 Å². The summed E-state index contributed by atoms with van der Waals surface area (Å²) in [5, 5.41) is 0. The van der Waals surface area contributed by atoms with Gasteiger partial charge in [-0.2, -0.15) is 0 Å². The lowest BCUT2D eigenvalue weighted by Crippen LogP contribution is -1.95. The number of hydrogen-bond donors (Lipinski definition) is 0. The Hall–Kier alpha value is -1.64. The third-order valence-electron chi connectivity index (χ3n) is 2.13. The quantitative estimate of drug-likeness (QED) is 0.659. The van der Waals surface area contributed by atoms with Gasteiger partial charge in [-0.25, -0.2) is 9.97 Å². The Kier molecular flexibility index (Phi) is 1.85. The van der Waals surface area contributed by atoms with Gasteiger partial charge in [-0.3, -0.25) is 4.57 Å². The van der Waals surface area contributed by atoms with Crippen molar-refractivity contribution in [1.29, 1.82) is 0 Å². The summed E-state index contributed by atoms with van der Waals surface area (Å²) in [4.78, 5) is 8.28. The third kappa shape index (κ3) is 1.45. The van der Waals surface area contributed by atoms with E-state index in [1.807, 2.05) is 17.0 Å². The maximum atomic E-state index is 4.30. The van der Waals surface area contributed by atoms with Crippen molar-refractivity contribution in [3.63, 3.8) is 0 Å². The van der Waals surface area contributed by atoms with Gasteiger partial charge >= 0.3 is 0 Å². The van der Waals surface area contributed by atoms with Crippen LogP contribution in [0.4, 0.5) is 0 Å². The first-order chi connectivity index (χ1) is 6.27. The molecule has 0 fully saturated rings. The molecule has 2 aromatic rings. The van der Waals surface area contributed by atoms with Gasteiger partial charge in [0.05, 0.1) is 0 Å². The highest BCUT2D eigenvalue weighted by atomic mass is 15.1.